The summed E-state index contributed by atoms with van der Waals surface area (Å²) in [7, 11) is 0. The fourth-order valence-corrected chi connectivity index (χ4v) is 3.40. The summed E-state index contributed by atoms with van der Waals surface area (Å²) >= 11 is 0. The maximum Gasteiger partial charge on any atom is 0.223 e. The van der Waals surface area contributed by atoms with Gasteiger partial charge in [0, 0.05) is 18.3 Å². The van der Waals surface area contributed by atoms with Crippen LogP contribution in [-0.2, 0) is 0 Å². The molecule has 2 heterocycles. The quantitative estimate of drug-likeness (QED) is 0.709. The molecule has 2 aliphatic carbocycles. The van der Waals surface area contributed by atoms with E-state index >= 15 is 0 Å². The minimum atomic E-state index is 0.439. The Morgan fingerprint density at radius 3 is 2.69 bits per heavy atom. The van der Waals surface area contributed by atoms with Crippen LogP contribution in [0.5, 0.6) is 0 Å². The molecule has 6 heteroatoms. The van der Waals surface area contributed by atoms with E-state index < -0.39 is 0 Å². The molecule has 2 saturated carbocycles. The second-order valence-corrected chi connectivity index (χ2v) is 7.23. The number of nitriles is 1. The molecule has 0 radical (unpaired) electrons. The molecule has 0 saturated heterocycles. The standard InChI is InChI=1S/C20H24N6/c1-13-12-22-20(24-14-5-2-3-6-14)26-19(13)16(11-21)17-7-4-8-18(25-17)23-15-9-10-15/h4,7-8,12,14-15,23,25H,2-3,5-6,9-10H2,1H3,(H,22,24,26)/b17-16-. The molecule has 0 unspecified atom stereocenters. The second kappa shape index (κ2) is 7.20. The fraction of sp³-hybridized carbons (Fsp3) is 0.450. The molecular formula is C20H24N6. The van der Waals surface area contributed by atoms with Gasteiger partial charge in [-0.1, -0.05) is 18.9 Å². The highest BCUT2D eigenvalue weighted by molar-refractivity contribution is 5.81. The van der Waals surface area contributed by atoms with Crippen LogP contribution in [0.1, 0.15) is 49.8 Å². The summed E-state index contributed by atoms with van der Waals surface area (Å²) in [5, 5.41) is 20.0. The first kappa shape index (κ1) is 16.6. The lowest BCUT2D eigenvalue weighted by Gasteiger charge is -2.19. The molecule has 3 aliphatic rings. The Bertz CT molecular complexity index is 819. The van der Waals surface area contributed by atoms with Crippen molar-refractivity contribution < 1.29 is 0 Å². The van der Waals surface area contributed by atoms with E-state index in [1.165, 1.54) is 25.7 Å². The van der Waals surface area contributed by atoms with Crippen LogP contribution in [0.15, 0.2) is 35.9 Å². The van der Waals surface area contributed by atoms with Gasteiger partial charge in [-0.25, -0.2) is 9.97 Å². The molecule has 134 valence electrons. The van der Waals surface area contributed by atoms with Crippen molar-refractivity contribution in [3.05, 3.63) is 47.2 Å². The van der Waals surface area contributed by atoms with E-state index in [2.05, 4.69) is 32.0 Å². The lowest BCUT2D eigenvalue weighted by atomic mass is 10.1. The van der Waals surface area contributed by atoms with E-state index in [0.29, 0.717) is 29.3 Å². The van der Waals surface area contributed by atoms with Crippen LogP contribution >= 0.6 is 0 Å². The maximum atomic E-state index is 9.81. The van der Waals surface area contributed by atoms with Gasteiger partial charge < -0.3 is 16.0 Å². The van der Waals surface area contributed by atoms with Gasteiger partial charge in [-0.15, -0.1) is 0 Å². The molecule has 0 atom stereocenters. The van der Waals surface area contributed by atoms with Gasteiger partial charge in [-0.3, -0.25) is 0 Å². The Morgan fingerprint density at radius 2 is 1.96 bits per heavy atom. The van der Waals surface area contributed by atoms with Crippen LogP contribution in [0.3, 0.4) is 0 Å². The van der Waals surface area contributed by atoms with Gasteiger partial charge >= 0.3 is 0 Å². The first-order valence-electron chi connectivity index (χ1n) is 9.40. The highest BCUT2D eigenvalue weighted by Crippen LogP contribution is 2.25. The fourth-order valence-electron chi connectivity index (χ4n) is 3.40. The number of rotatable bonds is 5. The number of dihydropyridines is 1. The van der Waals surface area contributed by atoms with Crippen molar-refractivity contribution in [3.8, 4) is 6.07 Å². The number of nitrogens with one attached hydrogen (secondary N) is 3. The molecule has 6 nitrogen and oxygen atoms in total. The normalized spacial score (nSPS) is 21.6. The van der Waals surface area contributed by atoms with Gasteiger partial charge in [0.05, 0.1) is 11.4 Å². The molecule has 0 aromatic carbocycles. The zero-order chi connectivity index (χ0) is 17.9. The highest BCUT2D eigenvalue weighted by atomic mass is 15.1. The highest BCUT2D eigenvalue weighted by Gasteiger charge is 2.23. The van der Waals surface area contributed by atoms with Gasteiger partial charge in [0.25, 0.3) is 0 Å². The molecule has 2 fully saturated rings. The molecule has 0 amide bonds. The molecular weight excluding hydrogens is 324 g/mol. The smallest absolute Gasteiger partial charge is 0.223 e. The van der Waals surface area contributed by atoms with E-state index in [1.54, 1.807) is 6.20 Å². The number of anilines is 1. The third-order valence-corrected chi connectivity index (χ3v) is 5.01. The van der Waals surface area contributed by atoms with E-state index in [0.717, 1.165) is 29.9 Å². The number of aromatic nitrogens is 2. The van der Waals surface area contributed by atoms with Crippen LogP contribution in [-0.4, -0.2) is 22.1 Å². The van der Waals surface area contributed by atoms with Crippen molar-refractivity contribution in [2.24, 2.45) is 0 Å². The van der Waals surface area contributed by atoms with Crippen LogP contribution in [0, 0.1) is 18.3 Å². The molecule has 3 N–H and O–H groups in total. The lowest BCUT2D eigenvalue weighted by Crippen LogP contribution is -2.29. The summed E-state index contributed by atoms with van der Waals surface area (Å²) in [4.78, 5) is 9.07. The van der Waals surface area contributed by atoms with Crippen molar-refractivity contribution in [2.45, 2.75) is 57.5 Å². The zero-order valence-electron chi connectivity index (χ0n) is 15.0. The van der Waals surface area contributed by atoms with E-state index in [4.69, 9.17) is 0 Å². The topological polar surface area (TPSA) is 85.7 Å². The number of hydrogen-bond acceptors (Lipinski definition) is 6. The SMILES string of the molecule is Cc1cnc(NC2CCCC2)nc1/C(C#N)=C1/C=CC=C(NC2CC2)N1. The van der Waals surface area contributed by atoms with Crippen LogP contribution in [0.4, 0.5) is 5.95 Å². The van der Waals surface area contributed by atoms with Crippen molar-refractivity contribution in [3.63, 3.8) is 0 Å². The van der Waals surface area contributed by atoms with E-state index in [-0.39, 0.29) is 0 Å². The Morgan fingerprint density at radius 1 is 1.19 bits per heavy atom. The summed E-state index contributed by atoms with van der Waals surface area (Å²) in [6, 6.07) is 3.32. The van der Waals surface area contributed by atoms with Crippen molar-refractivity contribution >= 4 is 11.5 Å². The molecule has 1 aromatic heterocycles. The summed E-state index contributed by atoms with van der Waals surface area (Å²) in [5.74, 6) is 1.55. The van der Waals surface area contributed by atoms with Gasteiger partial charge in [0.1, 0.15) is 17.5 Å². The first-order valence-corrected chi connectivity index (χ1v) is 9.40. The van der Waals surface area contributed by atoms with Crippen LogP contribution in [0.25, 0.3) is 5.57 Å². The van der Waals surface area contributed by atoms with Gasteiger partial charge in [-0.05, 0) is 50.3 Å². The molecule has 26 heavy (non-hydrogen) atoms. The number of allylic oxidation sites excluding steroid dienone is 4. The zero-order valence-corrected chi connectivity index (χ0v) is 15.0. The summed E-state index contributed by atoms with van der Waals surface area (Å²) in [6.45, 7) is 1.94. The van der Waals surface area contributed by atoms with E-state index in [1.807, 2.05) is 25.2 Å². The Labute approximate surface area is 154 Å². The first-order chi connectivity index (χ1) is 12.7. The Hall–Kier alpha value is -2.81. The Kier molecular flexibility index (Phi) is 4.61. The minimum absolute atomic E-state index is 0.439. The Balaban J connectivity index is 1.60. The summed E-state index contributed by atoms with van der Waals surface area (Å²) in [6.07, 6.45) is 14.9. The molecule has 0 spiro atoms. The van der Waals surface area contributed by atoms with E-state index in [9.17, 15) is 5.26 Å². The second-order valence-electron chi connectivity index (χ2n) is 7.23. The molecule has 1 aromatic rings. The minimum Gasteiger partial charge on any atom is -0.369 e. The molecule has 4 rings (SSSR count). The number of aryl methyl sites for hydroxylation is 1. The van der Waals surface area contributed by atoms with Crippen molar-refractivity contribution in [1.29, 1.82) is 5.26 Å². The summed E-state index contributed by atoms with van der Waals surface area (Å²) < 4.78 is 0. The van der Waals surface area contributed by atoms with Crippen LogP contribution in [0.2, 0.25) is 0 Å². The van der Waals surface area contributed by atoms with Gasteiger partial charge in [-0.2, -0.15) is 5.26 Å². The monoisotopic (exact) mass is 348 g/mol. The van der Waals surface area contributed by atoms with Gasteiger partial charge in [0.2, 0.25) is 5.95 Å². The maximum absolute atomic E-state index is 9.81. The average molecular weight is 348 g/mol. The predicted octanol–water partition coefficient (Wildman–Crippen LogP) is 3.13. The average Bonchev–Trinajstić information content (AvgIpc) is 3.31. The molecule has 0 bridgehead atoms. The lowest BCUT2D eigenvalue weighted by molar-refractivity contribution is 0.735. The van der Waals surface area contributed by atoms with Crippen molar-refractivity contribution in [2.75, 3.05) is 5.32 Å². The predicted molar refractivity (Wildman–Crippen MR) is 102 cm³/mol. The van der Waals surface area contributed by atoms with Gasteiger partial charge in [0.15, 0.2) is 0 Å². The summed E-state index contributed by atoms with van der Waals surface area (Å²) in [5.41, 5.74) is 2.89. The van der Waals surface area contributed by atoms with Crippen LogP contribution < -0.4 is 16.0 Å². The number of nitrogens with zero attached hydrogens (tertiary/aromatic N) is 3. The van der Waals surface area contributed by atoms with Crippen molar-refractivity contribution in [1.82, 2.24) is 20.6 Å². The number of hydrogen-bond donors (Lipinski definition) is 3. The third-order valence-electron chi connectivity index (χ3n) is 5.01. The molecule has 1 aliphatic heterocycles. The largest absolute Gasteiger partial charge is 0.369 e. The third kappa shape index (κ3) is 3.72.